The molecule has 0 aliphatic carbocycles. The monoisotopic (exact) mass is 268 g/mol. The van der Waals surface area contributed by atoms with Crippen molar-refractivity contribution in [3.63, 3.8) is 0 Å². The van der Waals surface area contributed by atoms with Crippen molar-refractivity contribution >= 4 is 11.9 Å². The van der Waals surface area contributed by atoms with E-state index in [0.29, 0.717) is 18.7 Å². The van der Waals surface area contributed by atoms with Gasteiger partial charge in [0.1, 0.15) is 5.76 Å². The Balaban J connectivity index is 2.84. The van der Waals surface area contributed by atoms with Crippen LogP contribution in [0.2, 0.25) is 0 Å². The molecule has 1 amide bonds. The number of carboxylic acids is 1. The van der Waals surface area contributed by atoms with Gasteiger partial charge in [0.25, 0.3) is 5.91 Å². The molecule has 0 spiro atoms. The highest BCUT2D eigenvalue weighted by Gasteiger charge is 2.23. The van der Waals surface area contributed by atoms with E-state index in [-0.39, 0.29) is 30.5 Å². The number of carbonyl (C=O) groups excluding carboxylic acids is 1. The Morgan fingerprint density at radius 3 is 2.68 bits per heavy atom. The van der Waals surface area contributed by atoms with Gasteiger partial charge in [-0.1, -0.05) is 20.8 Å². The highest BCUT2D eigenvalue weighted by molar-refractivity contribution is 5.93. The van der Waals surface area contributed by atoms with Crippen LogP contribution in [0.25, 0.3) is 0 Å². The fourth-order valence-corrected chi connectivity index (χ4v) is 1.79. The van der Waals surface area contributed by atoms with Gasteiger partial charge in [-0.3, -0.25) is 9.59 Å². The molecule has 6 nitrogen and oxygen atoms in total. The van der Waals surface area contributed by atoms with Crippen molar-refractivity contribution in [1.29, 1.82) is 0 Å². The number of hydrogen-bond acceptors (Lipinski definition) is 4. The van der Waals surface area contributed by atoms with E-state index in [1.807, 2.05) is 20.8 Å². The predicted octanol–water partition coefficient (Wildman–Crippen LogP) is 1.81. The van der Waals surface area contributed by atoms with Crippen molar-refractivity contribution in [2.24, 2.45) is 5.92 Å². The van der Waals surface area contributed by atoms with Crippen molar-refractivity contribution in [3.05, 3.63) is 17.8 Å². The fourth-order valence-electron chi connectivity index (χ4n) is 1.79. The Morgan fingerprint density at radius 1 is 1.47 bits per heavy atom. The molecule has 0 saturated heterocycles. The van der Waals surface area contributed by atoms with Gasteiger partial charge < -0.3 is 14.4 Å². The Labute approximate surface area is 112 Å². The van der Waals surface area contributed by atoms with Gasteiger partial charge in [0, 0.05) is 19.5 Å². The molecule has 0 aliphatic rings. The molecule has 0 aromatic carbocycles. The molecule has 6 heteroatoms. The lowest BCUT2D eigenvalue weighted by Gasteiger charge is -2.23. The largest absolute Gasteiger partial charge is 0.481 e. The zero-order chi connectivity index (χ0) is 14.4. The summed E-state index contributed by atoms with van der Waals surface area (Å²) in [4.78, 5) is 28.5. The van der Waals surface area contributed by atoms with E-state index in [1.165, 1.54) is 11.3 Å². The first kappa shape index (κ1) is 15.2. The van der Waals surface area contributed by atoms with Crippen LogP contribution < -0.4 is 0 Å². The van der Waals surface area contributed by atoms with E-state index in [4.69, 9.17) is 9.52 Å². The van der Waals surface area contributed by atoms with Crippen LogP contribution in [0.3, 0.4) is 0 Å². The molecule has 1 aromatic rings. The minimum Gasteiger partial charge on any atom is -0.481 e. The second kappa shape index (κ2) is 6.92. The van der Waals surface area contributed by atoms with Crippen molar-refractivity contribution in [1.82, 2.24) is 9.88 Å². The SMILES string of the molecule is CCc1ocnc1C(=O)N(CCC(=O)O)CC(C)C. The van der Waals surface area contributed by atoms with Crippen LogP contribution in [0.5, 0.6) is 0 Å². The van der Waals surface area contributed by atoms with Gasteiger partial charge in [-0.05, 0) is 5.92 Å². The number of amides is 1. The molecule has 0 saturated carbocycles. The standard InChI is InChI=1S/C13H20N2O4/c1-4-10-12(14-8-19-10)13(18)15(7-9(2)3)6-5-11(16)17/h8-9H,4-7H2,1-3H3,(H,16,17). The highest BCUT2D eigenvalue weighted by atomic mass is 16.4. The molecule has 0 fully saturated rings. The maximum Gasteiger partial charge on any atom is 0.305 e. The van der Waals surface area contributed by atoms with Gasteiger partial charge in [0.2, 0.25) is 0 Å². The molecule has 19 heavy (non-hydrogen) atoms. The lowest BCUT2D eigenvalue weighted by Crippen LogP contribution is -2.36. The van der Waals surface area contributed by atoms with Crippen molar-refractivity contribution in [3.8, 4) is 0 Å². The van der Waals surface area contributed by atoms with Crippen LogP contribution in [0.1, 0.15) is 43.4 Å². The van der Waals surface area contributed by atoms with Crippen LogP contribution >= 0.6 is 0 Å². The summed E-state index contributed by atoms with van der Waals surface area (Å²) in [6, 6.07) is 0. The summed E-state index contributed by atoms with van der Waals surface area (Å²) in [6.07, 6.45) is 1.75. The number of aliphatic carboxylic acids is 1. The fraction of sp³-hybridized carbons (Fsp3) is 0.615. The summed E-state index contributed by atoms with van der Waals surface area (Å²) < 4.78 is 5.14. The van der Waals surface area contributed by atoms with E-state index in [1.54, 1.807) is 0 Å². The first-order valence-electron chi connectivity index (χ1n) is 6.39. The second-order valence-electron chi connectivity index (χ2n) is 4.77. The predicted molar refractivity (Wildman–Crippen MR) is 68.9 cm³/mol. The molecule has 0 radical (unpaired) electrons. The summed E-state index contributed by atoms with van der Waals surface area (Å²) in [5.74, 6) is -0.387. The third-order valence-electron chi connectivity index (χ3n) is 2.63. The number of aryl methyl sites for hydroxylation is 1. The highest BCUT2D eigenvalue weighted by Crippen LogP contribution is 2.12. The quantitative estimate of drug-likeness (QED) is 0.815. The van der Waals surface area contributed by atoms with Crippen molar-refractivity contribution in [2.75, 3.05) is 13.1 Å². The number of carboxylic acid groups (broad SMARTS) is 1. The maximum atomic E-state index is 12.3. The molecule has 0 unspecified atom stereocenters. The lowest BCUT2D eigenvalue weighted by molar-refractivity contribution is -0.137. The number of nitrogens with zero attached hydrogens (tertiary/aromatic N) is 2. The molecular weight excluding hydrogens is 248 g/mol. The molecule has 0 atom stereocenters. The summed E-state index contributed by atoms with van der Waals surface area (Å²) in [6.45, 7) is 6.51. The third-order valence-corrected chi connectivity index (χ3v) is 2.63. The van der Waals surface area contributed by atoms with Crippen LogP contribution in [0.15, 0.2) is 10.8 Å². The Bertz CT molecular complexity index is 440. The number of carbonyl (C=O) groups is 2. The van der Waals surface area contributed by atoms with Crippen molar-refractivity contribution < 1.29 is 19.1 Å². The molecule has 1 rings (SSSR count). The van der Waals surface area contributed by atoms with Gasteiger partial charge in [0.05, 0.1) is 6.42 Å². The zero-order valence-electron chi connectivity index (χ0n) is 11.5. The van der Waals surface area contributed by atoms with E-state index in [9.17, 15) is 9.59 Å². The summed E-state index contributed by atoms with van der Waals surface area (Å²) in [5, 5.41) is 8.74. The molecule has 1 heterocycles. The maximum absolute atomic E-state index is 12.3. The normalized spacial score (nSPS) is 10.7. The summed E-state index contributed by atoms with van der Waals surface area (Å²) in [5.41, 5.74) is 0.286. The van der Waals surface area contributed by atoms with Crippen LogP contribution in [-0.2, 0) is 11.2 Å². The Kier molecular flexibility index (Phi) is 5.54. The number of hydrogen-bond donors (Lipinski definition) is 1. The van der Waals surface area contributed by atoms with E-state index < -0.39 is 5.97 Å². The first-order chi connectivity index (χ1) is 8.95. The summed E-state index contributed by atoms with van der Waals surface area (Å²) in [7, 11) is 0. The number of rotatable bonds is 7. The minimum atomic E-state index is -0.919. The van der Waals surface area contributed by atoms with E-state index in [2.05, 4.69) is 4.98 Å². The topological polar surface area (TPSA) is 83.6 Å². The van der Waals surface area contributed by atoms with Crippen LogP contribution in [-0.4, -0.2) is 40.0 Å². The molecule has 0 bridgehead atoms. The van der Waals surface area contributed by atoms with Gasteiger partial charge >= 0.3 is 5.97 Å². The van der Waals surface area contributed by atoms with E-state index in [0.717, 1.165) is 0 Å². The van der Waals surface area contributed by atoms with E-state index >= 15 is 0 Å². The Morgan fingerprint density at radius 2 is 2.16 bits per heavy atom. The molecule has 0 aliphatic heterocycles. The average Bonchev–Trinajstić information content (AvgIpc) is 2.81. The van der Waals surface area contributed by atoms with Gasteiger partial charge in [-0.15, -0.1) is 0 Å². The molecule has 1 aromatic heterocycles. The van der Waals surface area contributed by atoms with Crippen molar-refractivity contribution in [2.45, 2.75) is 33.6 Å². The van der Waals surface area contributed by atoms with Gasteiger partial charge in [0.15, 0.2) is 12.1 Å². The summed E-state index contributed by atoms with van der Waals surface area (Å²) >= 11 is 0. The van der Waals surface area contributed by atoms with Crippen LogP contribution in [0.4, 0.5) is 0 Å². The smallest absolute Gasteiger partial charge is 0.305 e. The third kappa shape index (κ3) is 4.39. The Hall–Kier alpha value is -1.85. The number of oxazole rings is 1. The number of aromatic nitrogens is 1. The minimum absolute atomic E-state index is 0.0717. The molecular formula is C13H20N2O4. The second-order valence-corrected chi connectivity index (χ2v) is 4.77. The van der Waals surface area contributed by atoms with Crippen LogP contribution in [0, 0.1) is 5.92 Å². The first-order valence-corrected chi connectivity index (χ1v) is 6.39. The average molecular weight is 268 g/mol. The molecule has 106 valence electrons. The zero-order valence-corrected chi connectivity index (χ0v) is 11.5. The lowest BCUT2D eigenvalue weighted by atomic mass is 10.1. The molecule has 1 N–H and O–H groups in total. The van der Waals surface area contributed by atoms with Gasteiger partial charge in [-0.2, -0.15) is 0 Å². The van der Waals surface area contributed by atoms with Gasteiger partial charge in [-0.25, -0.2) is 4.98 Å².